The van der Waals surface area contributed by atoms with E-state index in [1.54, 1.807) is 12.3 Å². The summed E-state index contributed by atoms with van der Waals surface area (Å²) < 4.78 is 14.5. The van der Waals surface area contributed by atoms with Crippen LogP contribution in [0.5, 0.6) is 0 Å². The fourth-order valence-electron chi connectivity index (χ4n) is 3.28. The number of hydrogen-bond acceptors (Lipinski definition) is 5. The molecule has 0 bridgehead atoms. The number of nitrogens with one attached hydrogen (secondary N) is 2. The molecule has 0 radical (unpaired) electrons. The molecule has 2 amide bonds. The second kappa shape index (κ2) is 14.0. The van der Waals surface area contributed by atoms with E-state index in [0.717, 1.165) is 24.2 Å². The molecule has 3 aromatic rings. The first-order valence-electron chi connectivity index (χ1n) is 12.7. The third kappa shape index (κ3) is 10.1. The highest BCUT2D eigenvalue weighted by atomic mass is 32.1. The summed E-state index contributed by atoms with van der Waals surface area (Å²) in [5.41, 5.74) is 2.78. The topological polar surface area (TPSA) is 88.9 Å². The van der Waals surface area contributed by atoms with Crippen molar-refractivity contribution in [3.63, 3.8) is 0 Å². The van der Waals surface area contributed by atoms with Gasteiger partial charge in [-0.05, 0) is 64.7 Å². The Morgan fingerprint density at radius 3 is 2.43 bits per heavy atom. The van der Waals surface area contributed by atoms with E-state index in [-0.39, 0.29) is 23.9 Å². The average Bonchev–Trinajstić information content (AvgIpc) is 3.53. The molecule has 0 saturated carbocycles. The van der Waals surface area contributed by atoms with E-state index in [4.69, 9.17) is 0 Å². The number of carbonyl (C=O) groups excluding carboxylic acids is 2. The van der Waals surface area contributed by atoms with Crippen LogP contribution in [0.15, 0.2) is 42.0 Å². The minimum Gasteiger partial charge on any atom is -0.348 e. The summed E-state index contributed by atoms with van der Waals surface area (Å²) in [6.45, 7) is 14.0. The summed E-state index contributed by atoms with van der Waals surface area (Å²) in [7, 11) is 0. The molecule has 0 aliphatic heterocycles. The van der Waals surface area contributed by atoms with Crippen LogP contribution < -0.4 is 10.6 Å². The Hall–Kier alpha value is -3.07. The molecule has 0 aromatic carbocycles. The van der Waals surface area contributed by atoms with Crippen molar-refractivity contribution < 1.29 is 14.0 Å². The zero-order valence-corrected chi connectivity index (χ0v) is 23.8. The molecule has 0 aliphatic carbocycles. The highest BCUT2D eigenvalue weighted by Crippen LogP contribution is 2.23. The van der Waals surface area contributed by atoms with Gasteiger partial charge in [-0.2, -0.15) is 0 Å². The van der Waals surface area contributed by atoms with E-state index in [9.17, 15) is 14.0 Å². The largest absolute Gasteiger partial charge is 0.348 e. The number of carbonyl (C=O) groups is 2. The summed E-state index contributed by atoms with van der Waals surface area (Å²) >= 11 is 1.32. The van der Waals surface area contributed by atoms with Crippen molar-refractivity contribution in [2.45, 2.75) is 79.4 Å². The molecule has 3 heterocycles. The maximum Gasteiger partial charge on any atom is 0.253 e. The van der Waals surface area contributed by atoms with E-state index in [2.05, 4.69) is 55.2 Å². The lowest BCUT2D eigenvalue weighted by atomic mass is 10.0. The fraction of sp³-hybridized carbons (Fsp3) is 0.500. The summed E-state index contributed by atoms with van der Waals surface area (Å²) in [6.07, 6.45) is 5.57. The highest BCUT2D eigenvalue weighted by molar-refractivity contribution is 7.14. The normalized spacial score (nSPS) is 12.8. The van der Waals surface area contributed by atoms with Gasteiger partial charge in [-0.1, -0.05) is 33.3 Å². The Labute approximate surface area is 223 Å². The van der Waals surface area contributed by atoms with E-state index >= 15 is 0 Å². The fourth-order valence-corrected chi connectivity index (χ4v) is 4.00. The Morgan fingerprint density at radius 2 is 1.84 bits per heavy atom. The minimum absolute atomic E-state index is 0.107. The maximum absolute atomic E-state index is 12.6. The van der Waals surface area contributed by atoms with Crippen LogP contribution in [0.3, 0.4) is 0 Å². The molecule has 0 saturated heterocycles. The van der Waals surface area contributed by atoms with Gasteiger partial charge in [-0.25, -0.2) is 9.37 Å². The highest BCUT2D eigenvalue weighted by Gasteiger charge is 2.16. The van der Waals surface area contributed by atoms with Gasteiger partial charge in [0.2, 0.25) is 5.91 Å². The van der Waals surface area contributed by atoms with Gasteiger partial charge in [0.1, 0.15) is 11.9 Å². The van der Waals surface area contributed by atoms with Crippen molar-refractivity contribution in [3.8, 4) is 11.4 Å². The Bertz CT molecular complexity index is 1140. The second-order valence-corrected chi connectivity index (χ2v) is 11.0. The molecule has 37 heavy (non-hydrogen) atoms. The lowest BCUT2D eigenvalue weighted by Gasteiger charge is -2.20. The van der Waals surface area contributed by atoms with Gasteiger partial charge in [-0.15, -0.1) is 11.3 Å². The first kappa shape index (κ1) is 30.2. The first-order chi connectivity index (χ1) is 17.4. The van der Waals surface area contributed by atoms with Crippen LogP contribution in [0.25, 0.3) is 11.4 Å². The summed E-state index contributed by atoms with van der Waals surface area (Å²) in [5, 5.41) is 7.64. The Morgan fingerprint density at radius 1 is 1.11 bits per heavy atom. The predicted octanol–water partition coefficient (Wildman–Crippen LogP) is 6.61. The molecular formula is C28H40FN5O2S. The van der Waals surface area contributed by atoms with Crippen molar-refractivity contribution in [1.82, 2.24) is 19.9 Å². The Balaban J connectivity index is 0.000000458. The maximum atomic E-state index is 12.6. The molecule has 202 valence electrons. The summed E-state index contributed by atoms with van der Waals surface area (Å²) in [4.78, 5) is 33.2. The molecule has 9 heteroatoms. The van der Waals surface area contributed by atoms with Crippen molar-refractivity contribution in [3.05, 3.63) is 53.3 Å². The number of pyridine rings is 1. The molecule has 0 spiro atoms. The number of anilines is 1. The van der Waals surface area contributed by atoms with Crippen LogP contribution in [0.1, 0.15) is 76.9 Å². The number of hydrogen-bond donors (Lipinski definition) is 2. The first-order valence-corrected chi connectivity index (χ1v) is 13.6. The summed E-state index contributed by atoms with van der Waals surface area (Å²) in [6, 6.07) is 7.44. The van der Waals surface area contributed by atoms with Crippen molar-refractivity contribution >= 4 is 28.3 Å². The molecule has 3 rings (SSSR count). The molecule has 2 atom stereocenters. The van der Waals surface area contributed by atoms with Gasteiger partial charge in [0.15, 0.2) is 5.13 Å². The van der Waals surface area contributed by atoms with Crippen LogP contribution >= 0.6 is 11.3 Å². The minimum atomic E-state index is -0.569. The zero-order chi connectivity index (χ0) is 27.6. The number of halogens is 1. The summed E-state index contributed by atoms with van der Waals surface area (Å²) in [5.74, 6) is -0.0661. The number of amides is 2. The number of aromatic nitrogens is 3. The number of nitrogens with zero attached hydrogens (tertiary/aromatic N) is 3. The van der Waals surface area contributed by atoms with E-state index < -0.39 is 6.17 Å². The number of thiazole rings is 1. The van der Waals surface area contributed by atoms with Crippen LogP contribution in [-0.4, -0.2) is 39.1 Å². The second-order valence-electron chi connectivity index (χ2n) is 10.2. The van der Waals surface area contributed by atoms with E-state index in [0.29, 0.717) is 28.7 Å². The van der Waals surface area contributed by atoms with Crippen molar-refractivity contribution in [2.75, 3.05) is 11.9 Å². The van der Waals surface area contributed by atoms with Crippen LogP contribution in [0.2, 0.25) is 0 Å². The number of rotatable bonds is 9. The number of alkyl halides is 1. The van der Waals surface area contributed by atoms with Crippen molar-refractivity contribution in [1.29, 1.82) is 0 Å². The molecule has 0 aliphatic rings. The van der Waals surface area contributed by atoms with Crippen LogP contribution in [-0.2, 0) is 10.3 Å². The molecule has 0 fully saturated rings. The molecular weight excluding hydrogens is 489 g/mol. The Kier molecular flexibility index (Phi) is 11.4. The van der Waals surface area contributed by atoms with Gasteiger partial charge in [0.05, 0.1) is 17.8 Å². The third-order valence-electron chi connectivity index (χ3n) is 5.84. The van der Waals surface area contributed by atoms with Crippen LogP contribution in [0, 0.1) is 12.8 Å². The molecule has 2 N–H and O–H groups in total. The molecule has 7 nitrogen and oxygen atoms in total. The van der Waals surface area contributed by atoms with Crippen molar-refractivity contribution in [2.24, 2.45) is 5.92 Å². The van der Waals surface area contributed by atoms with E-state index in [1.165, 1.54) is 11.3 Å². The number of aryl methyl sites for hydroxylation is 1. The molecule has 2 unspecified atom stereocenters. The lowest BCUT2D eigenvalue weighted by Crippen LogP contribution is -2.32. The van der Waals surface area contributed by atoms with Crippen LogP contribution in [0.4, 0.5) is 9.52 Å². The third-order valence-corrected chi connectivity index (χ3v) is 6.60. The van der Waals surface area contributed by atoms with Gasteiger partial charge in [0, 0.05) is 29.0 Å². The quantitative estimate of drug-likeness (QED) is 0.326. The average molecular weight is 530 g/mol. The smallest absolute Gasteiger partial charge is 0.253 e. The van der Waals surface area contributed by atoms with Gasteiger partial charge < -0.3 is 15.2 Å². The zero-order valence-electron chi connectivity index (χ0n) is 23.0. The van der Waals surface area contributed by atoms with Gasteiger partial charge >= 0.3 is 0 Å². The van der Waals surface area contributed by atoms with Gasteiger partial charge in [0.25, 0.3) is 5.91 Å². The van der Waals surface area contributed by atoms with Gasteiger partial charge in [-0.3, -0.25) is 14.6 Å². The lowest BCUT2D eigenvalue weighted by molar-refractivity contribution is -0.115. The predicted molar refractivity (Wildman–Crippen MR) is 150 cm³/mol. The van der Waals surface area contributed by atoms with E-state index in [1.807, 2.05) is 48.2 Å². The SMILES string of the molecule is CCC(C)CC(F)CC.Cc1cccc(-c2csc(NC(=O)CNC(=O)c3ccn(C(C)(C)C)c3)n2)n1. The standard InChI is InChI=1S/C20H23N5O2S.C8H17F/c1-13-6-5-7-15(22-13)16-12-28-19(23-16)24-17(26)10-21-18(27)14-8-9-25(11-14)20(2,3)4;1-4-7(3)6-8(9)5-2/h5-9,11-12H,10H2,1-4H3,(H,21,27)(H,23,24,26);7-8H,4-6H2,1-3H3. The monoisotopic (exact) mass is 529 g/mol. The molecule has 3 aromatic heterocycles.